The normalized spacial score (nSPS) is 36.1. The molecule has 0 aromatic carbocycles. The Balaban J connectivity index is 2.38. The van der Waals surface area contributed by atoms with Gasteiger partial charge in [0.05, 0.1) is 0 Å². The van der Waals surface area contributed by atoms with Crippen LogP contribution in [0.4, 0.5) is 0 Å². The maximum atomic E-state index is 3.80. The molecule has 0 aromatic heterocycles. The van der Waals surface area contributed by atoms with Gasteiger partial charge >= 0.3 is 0 Å². The molecule has 0 spiro atoms. The fourth-order valence-electron chi connectivity index (χ4n) is 1.38. The maximum absolute atomic E-state index is 3.80. The largest absolute Gasteiger partial charge is 0.103 e. The SMILES string of the molecule is C=CC1CCCCC1Br. The molecule has 0 saturated heterocycles. The second-order valence-electron chi connectivity index (χ2n) is 2.70. The maximum Gasteiger partial charge on any atom is 0.0208 e. The summed E-state index contributed by atoms with van der Waals surface area (Å²) in [6, 6.07) is 0. The molecule has 1 rings (SSSR count). The van der Waals surface area contributed by atoms with Gasteiger partial charge in [0, 0.05) is 4.83 Å². The molecule has 0 heterocycles. The first kappa shape index (κ1) is 7.33. The summed E-state index contributed by atoms with van der Waals surface area (Å²) in [5.74, 6) is 0.735. The van der Waals surface area contributed by atoms with Gasteiger partial charge in [-0.3, -0.25) is 0 Å². The fraction of sp³-hybridized carbons (Fsp3) is 0.750. The highest BCUT2D eigenvalue weighted by molar-refractivity contribution is 9.09. The first-order valence-electron chi connectivity index (χ1n) is 3.61. The van der Waals surface area contributed by atoms with E-state index in [4.69, 9.17) is 0 Å². The van der Waals surface area contributed by atoms with Crippen molar-refractivity contribution in [2.45, 2.75) is 30.5 Å². The Morgan fingerprint density at radius 3 is 2.44 bits per heavy atom. The lowest BCUT2D eigenvalue weighted by atomic mass is 9.89. The minimum absolute atomic E-state index is 0.712. The molecule has 9 heavy (non-hydrogen) atoms. The van der Waals surface area contributed by atoms with Crippen LogP contribution in [0.25, 0.3) is 0 Å². The van der Waals surface area contributed by atoms with Crippen LogP contribution in [0.3, 0.4) is 0 Å². The Morgan fingerprint density at radius 1 is 1.33 bits per heavy atom. The predicted molar refractivity (Wildman–Crippen MR) is 44.9 cm³/mol. The molecule has 1 heteroatoms. The summed E-state index contributed by atoms with van der Waals surface area (Å²) >= 11 is 3.64. The molecule has 0 bridgehead atoms. The van der Waals surface area contributed by atoms with Crippen molar-refractivity contribution in [1.82, 2.24) is 0 Å². The zero-order valence-corrected chi connectivity index (χ0v) is 7.23. The minimum atomic E-state index is 0.712. The standard InChI is InChI=1S/C8H13Br/c1-2-7-5-3-4-6-8(7)9/h2,7-8H,1,3-6H2. The highest BCUT2D eigenvalue weighted by atomic mass is 79.9. The topological polar surface area (TPSA) is 0 Å². The number of alkyl halides is 1. The molecular weight excluding hydrogens is 176 g/mol. The third-order valence-corrected chi connectivity index (χ3v) is 3.17. The van der Waals surface area contributed by atoms with Crippen molar-refractivity contribution in [1.29, 1.82) is 0 Å². The molecule has 1 aliphatic carbocycles. The molecule has 0 N–H and O–H groups in total. The van der Waals surface area contributed by atoms with Gasteiger partial charge in [0.1, 0.15) is 0 Å². The number of rotatable bonds is 1. The van der Waals surface area contributed by atoms with E-state index in [-0.39, 0.29) is 0 Å². The molecule has 2 unspecified atom stereocenters. The van der Waals surface area contributed by atoms with Crippen LogP contribution in [0.15, 0.2) is 12.7 Å². The summed E-state index contributed by atoms with van der Waals surface area (Å²) in [5.41, 5.74) is 0. The highest BCUT2D eigenvalue weighted by Gasteiger charge is 2.18. The van der Waals surface area contributed by atoms with Gasteiger partial charge in [0.15, 0.2) is 0 Å². The number of hydrogen-bond acceptors (Lipinski definition) is 0. The Labute approximate surface area is 65.5 Å². The van der Waals surface area contributed by atoms with E-state index >= 15 is 0 Å². The van der Waals surface area contributed by atoms with Crippen LogP contribution in [0.2, 0.25) is 0 Å². The van der Waals surface area contributed by atoms with Crippen LogP contribution in [0.1, 0.15) is 25.7 Å². The smallest absolute Gasteiger partial charge is 0.0208 e. The van der Waals surface area contributed by atoms with Gasteiger partial charge in [-0.15, -0.1) is 6.58 Å². The quantitative estimate of drug-likeness (QED) is 0.439. The van der Waals surface area contributed by atoms with E-state index in [0.717, 1.165) is 5.92 Å². The average Bonchev–Trinajstić information content (AvgIpc) is 1.89. The zero-order chi connectivity index (χ0) is 6.69. The molecule has 0 amide bonds. The van der Waals surface area contributed by atoms with Crippen LogP contribution in [-0.2, 0) is 0 Å². The lowest BCUT2D eigenvalue weighted by Gasteiger charge is -2.23. The predicted octanol–water partition coefficient (Wildman–Crippen LogP) is 3.13. The minimum Gasteiger partial charge on any atom is -0.103 e. The number of hydrogen-bond donors (Lipinski definition) is 0. The molecule has 0 radical (unpaired) electrons. The molecule has 52 valence electrons. The van der Waals surface area contributed by atoms with E-state index in [9.17, 15) is 0 Å². The zero-order valence-electron chi connectivity index (χ0n) is 5.65. The van der Waals surface area contributed by atoms with Crippen molar-refractivity contribution in [2.24, 2.45) is 5.92 Å². The van der Waals surface area contributed by atoms with Gasteiger partial charge in [-0.05, 0) is 18.8 Å². The molecule has 0 nitrogen and oxygen atoms in total. The van der Waals surface area contributed by atoms with Gasteiger partial charge in [-0.25, -0.2) is 0 Å². The van der Waals surface area contributed by atoms with E-state index in [1.807, 2.05) is 0 Å². The van der Waals surface area contributed by atoms with Crippen molar-refractivity contribution in [3.63, 3.8) is 0 Å². The Hall–Kier alpha value is 0.220. The van der Waals surface area contributed by atoms with Crippen LogP contribution < -0.4 is 0 Å². The van der Waals surface area contributed by atoms with E-state index in [0.29, 0.717) is 4.83 Å². The first-order chi connectivity index (χ1) is 4.34. The summed E-state index contributed by atoms with van der Waals surface area (Å²) in [7, 11) is 0. The van der Waals surface area contributed by atoms with E-state index in [2.05, 4.69) is 28.6 Å². The molecule has 0 aromatic rings. The van der Waals surface area contributed by atoms with Crippen molar-refractivity contribution < 1.29 is 0 Å². The summed E-state index contributed by atoms with van der Waals surface area (Å²) in [6.45, 7) is 3.80. The monoisotopic (exact) mass is 188 g/mol. The summed E-state index contributed by atoms with van der Waals surface area (Å²) in [6.07, 6.45) is 7.52. The lowest BCUT2D eigenvalue weighted by molar-refractivity contribution is 0.438. The van der Waals surface area contributed by atoms with Crippen molar-refractivity contribution in [3.8, 4) is 0 Å². The fourth-order valence-corrected chi connectivity index (χ4v) is 2.18. The lowest BCUT2D eigenvalue weighted by Crippen LogP contribution is -2.16. The molecule has 1 saturated carbocycles. The molecule has 0 aliphatic heterocycles. The van der Waals surface area contributed by atoms with Crippen molar-refractivity contribution >= 4 is 15.9 Å². The Bertz CT molecular complexity index is 98.7. The van der Waals surface area contributed by atoms with Crippen molar-refractivity contribution in [3.05, 3.63) is 12.7 Å². The van der Waals surface area contributed by atoms with Crippen LogP contribution >= 0.6 is 15.9 Å². The molecule has 2 atom stereocenters. The van der Waals surface area contributed by atoms with E-state index in [1.165, 1.54) is 25.7 Å². The van der Waals surface area contributed by atoms with Crippen LogP contribution in [0.5, 0.6) is 0 Å². The van der Waals surface area contributed by atoms with Gasteiger partial charge in [0.2, 0.25) is 0 Å². The number of allylic oxidation sites excluding steroid dienone is 1. The highest BCUT2D eigenvalue weighted by Crippen LogP contribution is 2.30. The van der Waals surface area contributed by atoms with Crippen molar-refractivity contribution in [2.75, 3.05) is 0 Å². The van der Waals surface area contributed by atoms with Gasteiger partial charge in [0.25, 0.3) is 0 Å². The average molecular weight is 189 g/mol. The van der Waals surface area contributed by atoms with Gasteiger partial charge in [-0.2, -0.15) is 0 Å². The molecule has 1 aliphatic rings. The van der Waals surface area contributed by atoms with E-state index in [1.54, 1.807) is 0 Å². The first-order valence-corrected chi connectivity index (χ1v) is 4.53. The summed E-state index contributed by atoms with van der Waals surface area (Å²) in [4.78, 5) is 0.712. The Morgan fingerprint density at radius 2 is 2.00 bits per heavy atom. The second-order valence-corrected chi connectivity index (χ2v) is 3.88. The third-order valence-electron chi connectivity index (χ3n) is 2.03. The third kappa shape index (κ3) is 1.82. The second kappa shape index (κ2) is 3.40. The van der Waals surface area contributed by atoms with Crippen LogP contribution in [0, 0.1) is 5.92 Å². The van der Waals surface area contributed by atoms with Gasteiger partial charge in [-0.1, -0.05) is 34.8 Å². The van der Waals surface area contributed by atoms with Crippen LogP contribution in [-0.4, -0.2) is 4.83 Å². The summed E-state index contributed by atoms with van der Waals surface area (Å²) in [5, 5.41) is 0. The Kier molecular flexibility index (Phi) is 2.77. The molecular formula is C8H13Br. The molecule has 1 fully saturated rings. The van der Waals surface area contributed by atoms with E-state index < -0.39 is 0 Å². The van der Waals surface area contributed by atoms with Gasteiger partial charge < -0.3 is 0 Å². The summed E-state index contributed by atoms with van der Waals surface area (Å²) < 4.78 is 0. The number of halogens is 1.